The van der Waals surface area contributed by atoms with Gasteiger partial charge in [-0.1, -0.05) is 0 Å². The summed E-state index contributed by atoms with van der Waals surface area (Å²) < 4.78 is 52.2. The lowest BCUT2D eigenvalue weighted by molar-refractivity contribution is -0.272. The predicted octanol–water partition coefficient (Wildman–Crippen LogP) is -0.712. The maximum Gasteiger partial charge on any atom is 0.397 e. The third-order valence-electron chi connectivity index (χ3n) is 5.44. The van der Waals surface area contributed by atoms with Crippen molar-refractivity contribution in [3.05, 3.63) is 40.6 Å². The zero-order valence-corrected chi connectivity index (χ0v) is 19.1. The van der Waals surface area contributed by atoms with Crippen LogP contribution in [0.1, 0.15) is 0 Å². The highest BCUT2D eigenvalue weighted by Crippen LogP contribution is 2.39. The summed E-state index contributed by atoms with van der Waals surface area (Å²) >= 11 is 0. The maximum absolute atomic E-state index is 13.4. The Morgan fingerprint density at radius 1 is 0.946 bits per heavy atom. The van der Waals surface area contributed by atoms with Gasteiger partial charge in [0.05, 0.1) is 6.61 Å². The topological polar surface area (TPSA) is 254 Å². The summed E-state index contributed by atoms with van der Waals surface area (Å²) in [5, 5.41) is 69.4. The van der Waals surface area contributed by atoms with Gasteiger partial charge in [0.1, 0.15) is 46.9 Å². The van der Waals surface area contributed by atoms with Crippen molar-refractivity contribution < 1.29 is 66.8 Å². The second-order valence-electron chi connectivity index (χ2n) is 7.94. The Kier molecular flexibility index (Phi) is 6.91. The first kappa shape index (κ1) is 26.4. The lowest BCUT2D eigenvalue weighted by atomic mass is 9.99. The second-order valence-corrected chi connectivity index (χ2v) is 8.99. The van der Waals surface area contributed by atoms with Crippen LogP contribution in [0.2, 0.25) is 0 Å². The van der Waals surface area contributed by atoms with E-state index in [4.69, 9.17) is 18.4 Å². The van der Waals surface area contributed by atoms with Gasteiger partial charge in [-0.25, -0.2) is 4.18 Å². The molecule has 1 saturated heterocycles. The SMILES string of the molecule is O=c1c(O[C@@H]2OC(CO)[C@@H](O)C(OS(=O)(=O)O)[C@H]2O)c(-c2ccc(O)c(O)c2)oc2cc(O)cc(O)c12. The normalized spacial score (nSPS) is 24.3. The predicted molar refractivity (Wildman–Crippen MR) is 119 cm³/mol. The third kappa shape index (κ3) is 5.12. The van der Waals surface area contributed by atoms with E-state index >= 15 is 0 Å². The van der Waals surface area contributed by atoms with Gasteiger partial charge < -0.3 is 49.6 Å². The molecule has 16 heteroatoms. The summed E-state index contributed by atoms with van der Waals surface area (Å²) in [6.07, 6.45) is -9.94. The molecule has 0 spiro atoms. The van der Waals surface area contributed by atoms with Crippen LogP contribution in [-0.4, -0.2) is 86.0 Å². The van der Waals surface area contributed by atoms with Crippen molar-refractivity contribution in [1.29, 1.82) is 0 Å². The van der Waals surface area contributed by atoms with Crippen molar-refractivity contribution in [3.8, 4) is 40.1 Å². The minimum atomic E-state index is -5.23. The lowest BCUT2D eigenvalue weighted by Gasteiger charge is -2.40. The highest BCUT2D eigenvalue weighted by molar-refractivity contribution is 7.80. The molecule has 1 fully saturated rings. The molecule has 5 atom stereocenters. The van der Waals surface area contributed by atoms with Crippen LogP contribution in [0, 0.1) is 0 Å². The fourth-order valence-corrected chi connectivity index (χ4v) is 4.26. The highest BCUT2D eigenvalue weighted by Gasteiger charge is 2.49. The number of fused-ring (bicyclic) bond motifs is 1. The molecule has 200 valence electrons. The minimum absolute atomic E-state index is 0.0816. The molecule has 2 heterocycles. The number of aliphatic hydroxyl groups excluding tert-OH is 3. The molecular weight excluding hydrogens is 524 g/mol. The maximum atomic E-state index is 13.4. The first-order chi connectivity index (χ1) is 17.3. The minimum Gasteiger partial charge on any atom is -0.508 e. The summed E-state index contributed by atoms with van der Waals surface area (Å²) in [6, 6.07) is 5.02. The summed E-state index contributed by atoms with van der Waals surface area (Å²) in [6.45, 7) is -0.940. The number of phenols is 4. The molecule has 0 bridgehead atoms. The van der Waals surface area contributed by atoms with Crippen molar-refractivity contribution in [3.63, 3.8) is 0 Å². The molecule has 1 aliphatic heterocycles. The molecule has 37 heavy (non-hydrogen) atoms. The van der Waals surface area contributed by atoms with Gasteiger partial charge in [-0.05, 0) is 18.2 Å². The van der Waals surface area contributed by atoms with Crippen LogP contribution in [0.15, 0.2) is 39.5 Å². The molecule has 3 aromatic rings. The zero-order chi connectivity index (χ0) is 27.2. The first-order valence-electron chi connectivity index (χ1n) is 10.3. The molecule has 1 aliphatic rings. The van der Waals surface area contributed by atoms with E-state index in [9.17, 15) is 49.0 Å². The first-order valence-corrected chi connectivity index (χ1v) is 11.7. The van der Waals surface area contributed by atoms with Gasteiger partial charge in [0, 0.05) is 17.7 Å². The Morgan fingerprint density at radius 3 is 2.27 bits per heavy atom. The van der Waals surface area contributed by atoms with Gasteiger partial charge >= 0.3 is 10.4 Å². The molecule has 4 rings (SSSR count). The van der Waals surface area contributed by atoms with Crippen LogP contribution < -0.4 is 10.2 Å². The van der Waals surface area contributed by atoms with Crippen molar-refractivity contribution >= 4 is 21.4 Å². The monoisotopic (exact) mass is 544 g/mol. The number of benzene rings is 2. The molecule has 2 aromatic carbocycles. The largest absolute Gasteiger partial charge is 0.508 e. The van der Waals surface area contributed by atoms with E-state index in [1.807, 2.05) is 0 Å². The molecule has 2 unspecified atom stereocenters. The standard InChI is InChI=1S/C21H20O15S/c22-6-13-15(27)19(36-37(30,31)32)17(29)21(34-13)35-20-16(28)14-11(26)4-8(23)5-12(14)33-18(20)7-1-2-9(24)10(25)3-7/h1-5,13,15,17,19,21-27,29H,6H2,(H,30,31,32)/t13?,15-,17-,19?,21+/m1/s1. The van der Waals surface area contributed by atoms with Crippen LogP contribution in [0.5, 0.6) is 28.7 Å². The smallest absolute Gasteiger partial charge is 0.397 e. The van der Waals surface area contributed by atoms with Gasteiger partial charge in [-0.2, -0.15) is 8.42 Å². The second kappa shape index (κ2) is 9.67. The fraction of sp³-hybridized carbons (Fsp3) is 0.286. The highest BCUT2D eigenvalue weighted by atomic mass is 32.3. The van der Waals surface area contributed by atoms with Gasteiger partial charge in [-0.15, -0.1) is 0 Å². The number of aliphatic hydroxyl groups is 3. The lowest BCUT2D eigenvalue weighted by Crippen LogP contribution is -2.61. The average Bonchev–Trinajstić information content (AvgIpc) is 2.80. The van der Waals surface area contributed by atoms with Crippen molar-refractivity contribution in [2.45, 2.75) is 30.7 Å². The number of ether oxygens (including phenoxy) is 2. The summed E-state index contributed by atoms with van der Waals surface area (Å²) in [7, 11) is -5.23. The molecule has 15 nitrogen and oxygen atoms in total. The number of phenolic OH excluding ortho intramolecular Hbond substituents is 4. The van der Waals surface area contributed by atoms with E-state index in [0.717, 1.165) is 24.3 Å². The molecular formula is C21H20O15S. The molecule has 0 radical (unpaired) electrons. The molecule has 0 saturated carbocycles. The molecule has 1 aromatic heterocycles. The van der Waals surface area contributed by atoms with Crippen molar-refractivity contribution in [1.82, 2.24) is 0 Å². The fourth-order valence-electron chi connectivity index (χ4n) is 3.75. The van der Waals surface area contributed by atoms with Crippen molar-refractivity contribution in [2.24, 2.45) is 0 Å². The third-order valence-corrected chi connectivity index (χ3v) is 5.91. The number of hydrogen-bond donors (Lipinski definition) is 8. The van der Waals surface area contributed by atoms with Crippen LogP contribution in [0.4, 0.5) is 0 Å². The summed E-state index contributed by atoms with van der Waals surface area (Å²) in [5.74, 6) is -3.61. The number of rotatable bonds is 6. The zero-order valence-electron chi connectivity index (χ0n) is 18.3. The van der Waals surface area contributed by atoms with E-state index in [0.29, 0.717) is 0 Å². The molecule has 0 amide bonds. The van der Waals surface area contributed by atoms with E-state index < -0.39 is 93.0 Å². The van der Waals surface area contributed by atoms with Crippen LogP contribution in [0.3, 0.4) is 0 Å². The Hall–Kier alpha value is -3.64. The summed E-state index contributed by atoms with van der Waals surface area (Å²) in [4.78, 5) is 13.4. The van der Waals surface area contributed by atoms with Crippen molar-refractivity contribution in [2.75, 3.05) is 6.61 Å². The summed E-state index contributed by atoms with van der Waals surface area (Å²) in [5.41, 5.74) is -1.50. The quantitative estimate of drug-likeness (QED) is 0.141. The Morgan fingerprint density at radius 2 is 1.65 bits per heavy atom. The Labute approximate surface area is 206 Å². The van der Waals surface area contributed by atoms with E-state index in [-0.39, 0.29) is 11.1 Å². The van der Waals surface area contributed by atoms with E-state index in [2.05, 4.69) is 4.18 Å². The van der Waals surface area contributed by atoms with E-state index in [1.165, 1.54) is 6.07 Å². The van der Waals surface area contributed by atoms with Gasteiger partial charge in [0.2, 0.25) is 17.5 Å². The van der Waals surface area contributed by atoms with E-state index in [1.54, 1.807) is 0 Å². The van der Waals surface area contributed by atoms with Gasteiger partial charge in [-0.3, -0.25) is 9.35 Å². The number of aromatic hydroxyl groups is 4. The average molecular weight is 544 g/mol. The van der Waals surface area contributed by atoms with Crippen LogP contribution in [-0.2, 0) is 19.3 Å². The van der Waals surface area contributed by atoms with Crippen LogP contribution in [0.25, 0.3) is 22.3 Å². The Bertz CT molecular complexity index is 1500. The Balaban J connectivity index is 1.89. The number of hydrogen-bond acceptors (Lipinski definition) is 14. The van der Waals surface area contributed by atoms with Gasteiger partial charge in [0.25, 0.3) is 0 Å². The van der Waals surface area contributed by atoms with Gasteiger partial charge in [0.15, 0.2) is 17.3 Å². The van der Waals surface area contributed by atoms with Crippen LogP contribution >= 0.6 is 0 Å². The molecule has 0 aliphatic carbocycles. The molecule has 8 N–H and O–H groups in total.